The van der Waals surface area contributed by atoms with Gasteiger partial charge in [-0.05, 0) is 53.0 Å². The van der Waals surface area contributed by atoms with Gasteiger partial charge in [0.05, 0.1) is 5.56 Å². The Labute approximate surface area is 125 Å². The third kappa shape index (κ3) is 4.13. The molecule has 0 saturated heterocycles. The number of carbonyl (C=O) groups is 1. The van der Waals surface area contributed by atoms with Crippen LogP contribution in [-0.2, 0) is 6.42 Å². The number of aromatic nitrogens is 1. The highest BCUT2D eigenvalue weighted by molar-refractivity contribution is 9.10. The molecule has 1 heterocycles. The van der Waals surface area contributed by atoms with Crippen LogP contribution in [0.25, 0.3) is 0 Å². The number of halogens is 2. The quantitative estimate of drug-likeness (QED) is 0.930. The van der Waals surface area contributed by atoms with Crippen LogP contribution in [-0.4, -0.2) is 16.9 Å². The first-order valence-corrected chi connectivity index (χ1v) is 7.00. The maximum Gasteiger partial charge on any atom is 0.253 e. The molecule has 2 rings (SSSR count). The number of hydrogen-bond donors (Lipinski definition) is 1. The molecule has 0 aliphatic rings. The number of hydrogen-bond acceptors (Lipinski definition) is 2. The van der Waals surface area contributed by atoms with E-state index in [1.165, 1.54) is 18.3 Å². The van der Waals surface area contributed by atoms with Crippen LogP contribution in [0.15, 0.2) is 47.2 Å². The van der Waals surface area contributed by atoms with Crippen molar-refractivity contribution in [2.75, 3.05) is 0 Å². The van der Waals surface area contributed by atoms with E-state index in [0.29, 0.717) is 12.0 Å². The zero-order valence-corrected chi connectivity index (χ0v) is 12.5. The summed E-state index contributed by atoms with van der Waals surface area (Å²) in [6.07, 6.45) is 3.79. The Kier molecular flexibility index (Phi) is 4.84. The molecule has 0 spiro atoms. The minimum Gasteiger partial charge on any atom is -0.349 e. The van der Waals surface area contributed by atoms with Crippen LogP contribution >= 0.6 is 15.9 Å². The molecule has 104 valence electrons. The zero-order chi connectivity index (χ0) is 14.5. The summed E-state index contributed by atoms with van der Waals surface area (Å²) in [6, 6.07) is 7.95. The van der Waals surface area contributed by atoms with Gasteiger partial charge in [-0.2, -0.15) is 0 Å². The fraction of sp³-hybridized carbons (Fsp3) is 0.200. The van der Waals surface area contributed by atoms with Gasteiger partial charge in [-0.15, -0.1) is 0 Å². The molecule has 5 heteroatoms. The van der Waals surface area contributed by atoms with Gasteiger partial charge in [-0.1, -0.05) is 12.1 Å². The van der Waals surface area contributed by atoms with Crippen LogP contribution < -0.4 is 5.32 Å². The van der Waals surface area contributed by atoms with Gasteiger partial charge >= 0.3 is 0 Å². The summed E-state index contributed by atoms with van der Waals surface area (Å²) in [5.74, 6) is -0.431. The number of carbonyl (C=O) groups excluding carboxylic acids is 1. The summed E-state index contributed by atoms with van der Waals surface area (Å²) in [4.78, 5) is 16.0. The van der Waals surface area contributed by atoms with Crippen LogP contribution in [0.2, 0.25) is 0 Å². The van der Waals surface area contributed by atoms with Crippen molar-refractivity contribution in [3.05, 3.63) is 64.1 Å². The van der Waals surface area contributed by atoms with Crippen molar-refractivity contribution in [2.45, 2.75) is 19.4 Å². The summed E-state index contributed by atoms with van der Waals surface area (Å²) in [5.41, 5.74) is 1.48. The van der Waals surface area contributed by atoms with Crippen molar-refractivity contribution in [3.63, 3.8) is 0 Å². The second-order valence-corrected chi connectivity index (χ2v) is 5.51. The van der Waals surface area contributed by atoms with E-state index in [0.717, 1.165) is 10.0 Å². The van der Waals surface area contributed by atoms with Crippen LogP contribution in [0.4, 0.5) is 4.39 Å². The molecule has 1 atom stereocenters. The highest BCUT2D eigenvalue weighted by Gasteiger charge is 2.11. The van der Waals surface area contributed by atoms with Crippen molar-refractivity contribution >= 4 is 21.8 Å². The third-order valence-electron chi connectivity index (χ3n) is 2.80. The van der Waals surface area contributed by atoms with Crippen LogP contribution in [0.3, 0.4) is 0 Å². The molecule has 0 radical (unpaired) electrons. The fourth-order valence-electron chi connectivity index (χ4n) is 1.87. The Bertz CT molecular complexity index is 601. The molecule has 0 bridgehead atoms. The zero-order valence-electron chi connectivity index (χ0n) is 10.9. The Hall–Kier alpha value is -1.75. The predicted molar refractivity (Wildman–Crippen MR) is 79.0 cm³/mol. The number of nitrogens with one attached hydrogen (secondary N) is 1. The molecular weight excluding hydrogens is 323 g/mol. The molecule has 1 amide bonds. The van der Waals surface area contributed by atoms with E-state index in [4.69, 9.17) is 0 Å². The number of nitrogens with zero attached hydrogens (tertiary/aromatic N) is 1. The smallest absolute Gasteiger partial charge is 0.253 e. The predicted octanol–water partition coefficient (Wildman–Crippen LogP) is 3.34. The van der Waals surface area contributed by atoms with E-state index in [-0.39, 0.29) is 17.8 Å². The van der Waals surface area contributed by atoms with Crippen molar-refractivity contribution in [3.8, 4) is 0 Å². The highest BCUT2D eigenvalue weighted by atomic mass is 79.9. The van der Waals surface area contributed by atoms with Crippen LogP contribution in [0, 0.1) is 5.82 Å². The molecule has 3 nitrogen and oxygen atoms in total. The topological polar surface area (TPSA) is 42.0 Å². The van der Waals surface area contributed by atoms with Gasteiger partial charge in [0.1, 0.15) is 5.82 Å². The normalized spacial score (nSPS) is 11.9. The first-order valence-electron chi connectivity index (χ1n) is 6.20. The number of amides is 1. The van der Waals surface area contributed by atoms with E-state index < -0.39 is 0 Å². The standard InChI is InChI=1S/C15H14BrFN2O/c1-10(6-11-2-4-14(17)5-3-11)19-15(20)12-7-13(16)9-18-8-12/h2-5,7-10H,6H2,1H3,(H,19,20). The number of benzene rings is 1. The Morgan fingerprint density at radius 3 is 2.70 bits per heavy atom. The lowest BCUT2D eigenvalue weighted by molar-refractivity contribution is 0.0939. The molecule has 1 aromatic heterocycles. The molecule has 0 fully saturated rings. The van der Waals surface area contributed by atoms with Gasteiger partial charge in [0.2, 0.25) is 0 Å². The Morgan fingerprint density at radius 1 is 1.35 bits per heavy atom. The van der Waals surface area contributed by atoms with E-state index in [1.54, 1.807) is 24.4 Å². The van der Waals surface area contributed by atoms with Gasteiger partial charge in [0.25, 0.3) is 5.91 Å². The Morgan fingerprint density at radius 2 is 2.05 bits per heavy atom. The van der Waals surface area contributed by atoms with Crippen LogP contribution in [0.5, 0.6) is 0 Å². The van der Waals surface area contributed by atoms with Gasteiger partial charge in [0, 0.05) is 22.9 Å². The molecule has 20 heavy (non-hydrogen) atoms. The minimum absolute atomic E-state index is 0.0491. The van der Waals surface area contributed by atoms with Gasteiger partial charge < -0.3 is 5.32 Å². The molecule has 1 N–H and O–H groups in total. The summed E-state index contributed by atoms with van der Waals surface area (Å²) in [7, 11) is 0. The monoisotopic (exact) mass is 336 g/mol. The summed E-state index contributed by atoms with van der Waals surface area (Å²) in [6.45, 7) is 1.91. The first-order chi connectivity index (χ1) is 9.54. The first kappa shape index (κ1) is 14.7. The van der Waals surface area contributed by atoms with E-state index in [1.807, 2.05) is 6.92 Å². The van der Waals surface area contributed by atoms with Gasteiger partial charge in [-0.25, -0.2) is 4.39 Å². The third-order valence-corrected chi connectivity index (χ3v) is 3.23. The van der Waals surface area contributed by atoms with E-state index in [9.17, 15) is 9.18 Å². The summed E-state index contributed by atoms with van der Waals surface area (Å²) < 4.78 is 13.6. The number of pyridine rings is 1. The van der Waals surface area contributed by atoms with E-state index >= 15 is 0 Å². The van der Waals surface area contributed by atoms with Crippen molar-refractivity contribution in [2.24, 2.45) is 0 Å². The molecule has 1 aromatic carbocycles. The molecule has 0 saturated carbocycles. The van der Waals surface area contributed by atoms with Crippen molar-refractivity contribution < 1.29 is 9.18 Å². The summed E-state index contributed by atoms with van der Waals surface area (Å²) in [5, 5.41) is 2.89. The summed E-state index contributed by atoms with van der Waals surface area (Å²) >= 11 is 3.28. The second-order valence-electron chi connectivity index (χ2n) is 4.60. The maximum absolute atomic E-state index is 12.8. The SMILES string of the molecule is CC(Cc1ccc(F)cc1)NC(=O)c1cncc(Br)c1. The molecule has 1 unspecified atom stereocenters. The average molecular weight is 337 g/mol. The lowest BCUT2D eigenvalue weighted by Gasteiger charge is -2.14. The van der Waals surface area contributed by atoms with Crippen LogP contribution in [0.1, 0.15) is 22.8 Å². The molecule has 0 aliphatic carbocycles. The highest BCUT2D eigenvalue weighted by Crippen LogP contribution is 2.10. The minimum atomic E-state index is -0.259. The molecule has 0 aliphatic heterocycles. The van der Waals surface area contributed by atoms with Gasteiger partial charge in [-0.3, -0.25) is 9.78 Å². The second kappa shape index (κ2) is 6.61. The number of rotatable bonds is 4. The average Bonchev–Trinajstić information content (AvgIpc) is 2.41. The van der Waals surface area contributed by atoms with Crippen molar-refractivity contribution in [1.82, 2.24) is 10.3 Å². The van der Waals surface area contributed by atoms with Gasteiger partial charge in [0.15, 0.2) is 0 Å². The Balaban J connectivity index is 1.95. The molecule has 2 aromatic rings. The lowest BCUT2D eigenvalue weighted by Crippen LogP contribution is -2.34. The van der Waals surface area contributed by atoms with E-state index in [2.05, 4.69) is 26.2 Å². The maximum atomic E-state index is 12.8. The fourth-order valence-corrected chi connectivity index (χ4v) is 2.23. The van der Waals surface area contributed by atoms with Crippen molar-refractivity contribution in [1.29, 1.82) is 0 Å². The lowest BCUT2D eigenvalue weighted by atomic mass is 10.1. The largest absolute Gasteiger partial charge is 0.349 e. The molecular formula is C15H14BrFN2O.